The minimum Gasteiger partial charge on any atom is -0.338 e. The molecule has 2 heterocycles. The summed E-state index contributed by atoms with van der Waals surface area (Å²) in [6.07, 6.45) is 1.40. The Balaban J connectivity index is 1.83. The van der Waals surface area contributed by atoms with Crippen molar-refractivity contribution >= 4 is 21.6 Å². The summed E-state index contributed by atoms with van der Waals surface area (Å²) < 4.78 is 25.6. The lowest BCUT2D eigenvalue weighted by Crippen LogP contribution is -2.54. The molecule has 0 spiro atoms. The second-order valence-corrected chi connectivity index (χ2v) is 9.42. The van der Waals surface area contributed by atoms with Gasteiger partial charge in [-0.05, 0) is 36.5 Å². The number of sulfonamides is 1. The van der Waals surface area contributed by atoms with Gasteiger partial charge < -0.3 is 10.6 Å². The lowest BCUT2D eigenvalue weighted by Gasteiger charge is -2.42. The van der Waals surface area contributed by atoms with Gasteiger partial charge in [-0.25, -0.2) is 8.42 Å². The lowest BCUT2D eigenvalue weighted by molar-refractivity contribution is 0.0533. The van der Waals surface area contributed by atoms with Gasteiger partial charge in [0.25, 0.3) is 5.91 Å². The third kappa shape index (κ3) is 3.15. The average Bonchev–Trinajstić information content (AvgIpc) is 2.88. The molecule has 1 aromatic rings. The van der Waals surface area contributed by atoms with E-state index < -0.39 is 10.0 Å². The molecule has 24 heavy (non-hydrogen) atoms. The van der Waals surface area contributed by atoms with Gasteiger partial charge in [-0.3, -0.25) is 9.10 Å². The fraction of sp³-hybridized carbons (Fsp3) is 0.588. The van der Waals surface area contributed by atoms with Gasteiger partial charge in [0.15, 0.2) is 0 Å². The van der Waals surface area contributed by atoms with Gasteiger partial charge in [-0.2, -0.15) is 0 Å². The lowest BCUT2D eigenvalue weighted by atomic mass is 9.79. The van der Waals surface area contributed by atoms with Gasteiger partial charge in [0, 0.05) is 31.2 Å². The Morgan fingerprint density at radius 2 is 2.04 bits per heavy atom. The summed E-state index contributed by atoms with van der Waals surface area (Å²) in [5, 5.41) is 0. The van der Waals surface area contributed by atoms with Crippen LogP contribution >= 0.6 is 0 Å². The van der Waals surface area contributed by atoms with Crippen molar-refractivity contribution in [2.45, 2.75) is 32.7 Å². The Kier molecular flexibility index (Phi) is 4.34. The fourth-order valence-corrected chi connectivity index (χ4v) is 5.01. The maximum atomic E-state index is 12.8. The van der Waals surface area contributed by atoms with Crippen LogP contribution in [-0.2, 0) is 10.0 Å². The molecule has 2 fully saturated rings. The molecular formula is C17H25N3O3S. The van der Waals surface area contributed by atoms with E-state index in [2.05, 4.69) is 13.8 Å². The number of hydrogen-bond acceptors (Lipinski definition) is 4. The number of carbonyl (C=O) groups excluding carboxylic acids is 1. The zero-order valence-corrected chi connectivity index (χ0v) is 15.1. The molecule has 2 saturated heterocycles. The van der Waals surface area contributed by atoms with Crippen LogP contribution < -0.4 is 10.0 Å². The topological polar surface area (TPSA) is 83.7 Å². The first kappa shape index (κ1) is 17.2. The molecule has 7 heteroatoms. The summed E-state index contributed by atoms with van der Waals surface area (Å²) in [4.78, 5) is 14.7. The highest BCUT2D eigenvalue weighted by Gasteiger charge is 2.36. The highest BCUT2D eigenvalue weighted by Crippen LogP contribution is 2.30. The van der Waals surface area contributed by atoms with E-state index in [1.165, 1.54) is 4.31 Å². The van der Waals surface area contributed by atoms with Gasteiger partial charge in [0.1, 0.15) is 0 Å². The van der Waals surface area contributed by atoms with Crippen LogP contribution in [0.25, 0.3) is 0 Å². The van der Waals surface area contributed by atoms with Gasteiger partial charge >= 0.3 is 0 Å². The molecule has 0 aromatic heterocycles. The van der Waals surface area contributed by atoms with Crippen LogP contribution in [0.15, 0.2) is 24.3 Å². The van der Waals surface area contributed by atoms with E-state index in [9.17, 15) is 13.2 Å². The Bertz CT molecular complexity index is 745. The zero-order valence-electron chi connectivity index (χ0n) is 14.2. The Labute approximate surface area is 143 Å². The molecule has 3 rings (SSSR count). The molecule has 2 N–H and O–H groups in total. The third-order valence-corrected chi connectivity index (χ3v) is 6.95. The van der Waals surface area contributed by atoms with Crippen molar-refractivity contribution in [1.29, 1.82) is 0 Å². The number of anilines is 1. The van der Waals surface area contributed by atoms with Gasteiger partial charge in [-0.15, -0.1) is 0 Å². The number of piperidine rings is 1. The fourth-order valence-electron chi connectivity index (χ4n) is 3.45. The first-order chi connectivity index (χ1) is 11.2. The van der Waals surface area contributed by atoms with E-state index in [-0.39, 0.29) is 23.1 Å². The molecule has 6 nitrogen and oxygen atoms in total. The largest absolute Gasteiger partial charge is 0.338 e. The number of hydrogen-bond donors (Lipinski definition) is 1. The number of benzene rings is 1. The molecule has 1 amide bonds. The van der Waals surface area contributed by atoms with Gasteiger partial charge in [0.05, 0.1) is 11.4 Å². The standard InChI is InChI=1S/C17H25N3O3S/c1-17(2)12-19(9-7-15(17)18)16(21)13-5-3-6-14(11-13)20-8-4-10-24(20,22)23/h3,5-6,11,15H,4,7-10,12,18H2,1-2H3. The van der Waals surface area contributed by atoms with Gasteiger partial charge in [-0.1, -0.05) is 19.9 Å². The quantitative estimate of drug-likeness (QED) is 0.873. The number of nitrogens with two attached hydrogens (primary N) is 1. The van der Waals surface area contributed by atoms with Crippen LogP contribution in [0.2, 0.25) is 0 Å². The predicted octanol–water partition coefficient (Wildman–Crippen LogP) is 1.43. The monoisotopic (exact) mass is 351 g/mol. The van der Waals surface area contributed by atoms with Crippen molar-refractivity contribution in [1.82, 2.24) is 4.90 Å². The highest BCUT2D eigenvalue weighted by atomic mass is 32.2. The molecular weight excluding hydrogens is 326 g/mol. The van der Waals surface area contributed by atoms with Crippen molar-refractivity contribution in [2.24, 2.45) is 11.1 Å². The van der Waals surface area contributed by atoms with E-state index >= 15 is 0 Å². The Morgan fingerprint density at radius 3 is 2.67 bits per heavy atom. The van der Waals surface area contributed by atoms with E-state index in [4.69, 9.17) is 5.73 Å². The summed E-state index contributed by atoms with van der Waals surface area (Å²) in [5.74, 6) is 0.108. The molecule has 1 aromatic carbocycles. The highest BCUT2D eigenvalue weighted by molar-refractivity contribution is 7.93. The summed E-state index contributed by atoms with van der Waals surface area (Å²) in [5.41, 5.74) is 7.12. The summed E-state index contributed by atoms with van der Waals surface area (Å²) in [7, 11) is -3.24. The van der Waals surface area contributed by atoms with Crippen molar-refractivity contribution in [3.8, 4) is 0 Å². The summed E-state index contributed by atoms with van der Waals surface area (Å²) in [6.45, 7) is 5.87. The third-order valence-electron chi connectivity index (χ3n) is 5.08. The van der Waals surface area contributed by atoms with E-state index in [1.807, 2.05) is 4.90 Å². The first-order valence-electron chi connectivity index (χ1n) is 8.36. The minimum absolute atomic E-state index is 0.0616. The van der Waals surface area contributed by atoms with Crippen LogP contribution in [-0.4, -0.2) is 50.7 Å². The summed E-state index contributed by atoms with van der Waals surface area (Å²) >= 11 is 0. The van der Waals surface area contributed by atoms with Crippen LogP contribution in [0.1, 0.15) is 37.0 Å². The molecule has 0 bridgehead atoms. The van der Waals surface area contributed by atoms with E-state index in [0.717, 1.165) is 6.42 Å². The Hall–Kier alpha value is -1.60. The number of carbonyl (C=O) groups is 1. The average molecular weight is 351 g/mol. The smallest absolute Gasteiger partial charge is 0.253 e. The van der Waals surface area contributed by atoms with Crippen LogP contribution in [0.3, 0.4) is 0 Å². The van der Waals surface area contributed by atoms with Crippen molar-refractivity contribution in [3.05, 3.63) is 29.8 Å². The zero-order chi connectivity index (χ0) is 17.5. The maximum absolute atomic E-state index is 12.8. The molecule has 0 aliphatic carbocycles. The molecule has 2 aliphatic rings. The van der Waals surface area contributed by atoms with Crippen molar-refractivity contribution in [2.75, 3.05) is 29.7 Å². The maximum Gasteiger partial charge on any atom is 0.253 e. The second-order valence-electron chi connectivity index (χ2n) is 7.40. The normalized spacial score (nSPS) is 25.7. The van der Waals surface area contributed by atoms with E-state index in [0.29, 0.717) is 37.3 Å². The first-order valence-corrected chi connectivity index (χ1v) is 9.97. The molecule has 132 valence electrons. The molecule has 0 saturated carbocycles. The van der Waals surface area contributed by atoms with E-state index in [1.54, 1.807) is 24.3 Å². The molecule has 2 aliphatic heterocycles. The van der Waals surface area contributed by atoms with Crippen molar-refractivity contribution in [3.63, 3.8) is 0 Å². The number of nitrogens with zero attached hydrogens (tertiary/aromatic N) is 2. The number of amides is 1. The molecule has 1 atom stereocenters. The van der Waals surface area contributed by atoms with Crippen LogP contribution in [0, 0.1) is 5.41 Å². The van der Waals surface area contributed by atoms with Crippen LogP contribution in [0.5, 0.6) is 0 Å². The van der Waals surface area contributed by atoms with Gasteiger partial charge in [0.2, 0.25) is 10.0 Å². The SMILES string of the molecule is CC1(C)CN(C(=O)c2cccc(N3CCCS3(=O)=O)c2)CCC1N. The number of rotatable bonds is 2. The predicted molar refractivity (Wildman–Crippen MR) is 94.5 cm³/mol. The van der Waals surface area contributed by atoms with Crippen molar-refractivity contribution < 1.29 is 13.2 Å². The second kappa shape index (κ2) is 6.04. The molecule has 0 radical (unpaired) electrons. The minimum atomic E-state index is -3.24. The summed E-state index contributed by atoms with van der Waals surface area (Å²) in [6, 6.07) is 7.01. The number of likely N-dealkylation sites (tertiary alicyclic amines) is 1. The Morgan fingerprint density at radius 1 is 1.29 bits per heavy atom. The van der Waals surface area contributed by atoms with Crippen LogP contribution in [0.4, 0.5) is 5.69 Å². The molecule has 1 unspecified atom stereocenters.